The fourth-order valence-electron chi connectivity index (χ4n) is 2.23. The average Bonchev–Trinajstić information content (AvgIpc) is 2.38. The van der Waals surface area contributed by atoms with Crippen molar-refractivity contribution >= 4 is 16.0 Å². The van der Waals surface area contributed by atoms with Crippen LogP contribution in [0.5, 0.6) is 0 Å². The summed E-state index contributed by atoms with van der Waals surface area (Å²) in [6.07, 6.45) is 0.675. The fourth-order valence-corrected chi connectivity index (χ4v) is 3.64. The molecule has 0 spiro atoms. The van der Waals surface area contributed by atoms with Gasteiger partial charge in [0.1, 0.15) is 5.69 Å². The van der Waals surface area contributed by atoms with Crippen LogP contribution in [0.3, 0.4) is 0 Å². The van der Waals surface area contributed by atoms with E-state index < -0.39 is 16.0 Å². The minimum atomic E-state index is -3.75. The molecule has 4 N–H and O–H groups in total. The number of aromatic nitrogens is 2. The second kappa shape index (κ2) is 4.92. The van der Waals surface area contributed by atoms with E-state index in [2.05, 4.69) is 20.0 Å². The Morgan fingerprint density at radius 2 is 2.05 bits per heavy atom. The fraction of sp³-hybridized carbons (Fsp3) is 0.636. The summed E-state index contributed by atoms with van der Waals surface area (Å²) in [7, 11) is -2.18. The minimum absolute atomic E-state index is 0.253. The summed E-state index contributed by atoms with van der Waals surface area (Å²) in [6, 6.07) is 0. The maximum absolute atomic E-state index is 12.3. The normalized spacial score (nSPS) is 24.6. The lowest BCUT2D eigenvalue weighted by Crippen LogP contribution is -2.67. The highest BCUT2D eigenvalue weighted by Crippen LogP contribution is 2.30. The van der Waals surface area contributed by atoms with Gasteiger partial charge in [0.2, 0.25) is 0 Å². The molecule has 2 heterocycles. The van der Waals surface area contributed by atoms with Crippen LogP contribution in [-0.2, 0) is 22.4 Å². The first-order valence-electron chi connectivity index (χ1n) is 6.46. The Labute approximate surface area is 119 Å². The van der Waals surface area contributed by atoms with Crippen LogP contribution in [0.25, 0.3) is 0 Å². The van der Waals surface area contributed by atoms with Gasteiger partial charge in [-0.1, -0.05) is 6.92 Å². The number of hydrogen-bond acceptors (Lipinski definition) is 6. The molecule has 1 atom stereocenters. The van der Waals surface area contributed by atoms with Crippen molar-refractivity contribution < 1.29 is 8.42 Å². The molecule has 1 aromatic rings. The number of nitrogens with two attached hydrogens (primary N) is 1. The zero-order valence-electron chi connectivity index (χ0n) is 12.1. The Morgan fingerprint density at radius 1 is 1.40 bits per heavy atom. The molecule has 1 aliphatic heterocycles. The van der Waals surface area contributed by atoms with E-state index in [4.69, 9.17) is 5.73 Å². The summed E-state index contributed by atoms with van der Waals surface area (Å²) < 4.78 is 28.1. The number of fused-ring (bicyclic) bond motifs is 1. The van der Waals surface area contributed by atoms with E-state index in [0.717, 1.165) is 11.4 Å². The van der Waals surface area contributed by atoms with Gasteiger partial charge in [-0.05, 0) is 27.3 Å². The molecule has 0 amide bonds. The van der Waals surface area contributed by atoms with Crippen LogP contribution in [0, 0.1) is 6.92 Å². The molecule has 0 aromatic carbocycles. The molecule has 1 aromatic heterocycles. The predicted molar refractivity (Wildman–Crippen MR) is 76.1 cm³/mol. The summed E-state index contributed by atoms with van der Waals surface area (Å²) >= 11 is 0. The Kier molecular flexibility index (Phi) is 3.71. The second-order valence-corrected chi connectivity index (χ2v) is 6.21. The van der Waals surface area contributed by atoms with Crippen molar-refractivity contribution in [3.05, 3.63) is 17.1 Å². The highest BCUT2D eigenvalue weighted by Gasteiger charge is 2.45. The SMILES string of the molecule is CCc1nc2c(nc1C)C(N)(NC)NS(=O)(=O)N2CC. The van der Waals surface area contributed by atoms with Gasteiger partial charge in [0, 0.05) is 6.54 Å². The molecular weight excluding hydrogens is 280 g/mol. The van der Waals surface area contributed by atoms with E-state index in [-0.39, 0.29) is 12.4 Å². The van der Waals surface area contributed by atoms with Crippen molar-refractivity contribution in [2.24, 2.45) is 5.73 Å². The molecule has 1 unspecified atom stereocenters. The topological polar surface area (TPSA) is 113 Å². The van der Waals surface area contributed by atoms with Crippen LogP contribution in [0.4, 0.5) is 5.82 Å². The van der Waals surface area contributed by atoms with E-state index in [1.807, 2.05) is 13.8 Å². The van der Waals surface area contributed by atoms with Gasteiger partial charge in [0.05, 0.1) is 11.4 Å². The number of anilines is 1. The lowest BCUT2D eigenvalue weighted by molar-refractivity contribution is 0.328. The molecule has 1 aliphatic rings. The van der Waals surface area contributed by atoms with Gasteiger partial charge in [-0.2, -0.15) is 13.1 Å². The highest BCUT2D eigenvalue weighted by atomic mass is 32.2. The Balaban J connectivity index is 2.77. The van der Waals surface area contributed by atoms with Crippen LogP contribution >= 0.6 is 0 Å². The first-order valence-corrected chi connectivity index (χ1v) is 7.90. The van der Waals surface area contributed by atoms with E-state index in [0.29, 0.717) is 12.1 Å². The number of aryl methyl sites for hydroxylation is 2. The van der Waals surface area contributed by atoms with Crippen molar-refractivity contribution in [3.8, 4) is 0 Å². The van der Waals surface area contributed by atoms with E-state index >= 15 is 0 Å². The van der Waals surface area contributed by atoms with Crippen LogP contribution in [-0.4, -0.2) is 32.0 Å². The minimum Gasteiger partial charge on any atom is -0.295 e. The molecule has 0 bridgehead atoms. The summed E-state index contributed by atoms with van der Waals surface area (Å²) in [6.45, 7) is 5.77. The number of rotatable bonds is 3. The molecule has 8 nitrogen and oxygen atoms in total. The summed E-state index contributed by atoms with van der Waals surface area (Å²) in [4.78, 5) is 8.90. The zero-order chi connectivity index (χ0) is 15.1. The van der Waals surface area contributed by atoms with Crippen LogP contribution in [0.1, 0.15) is 30.9 Å². The van der Waals surface area contributed by atoms with Crippen LogP contribution in [0.2, 0.25) is 0 Å². The predicted octanol–water partition coefficient (Wildman–Crippen LogP) is -0.690. The maximum Gasteiger partial charge on any atom is 0.305 e. The summed E-state index contributed by atoms with van der Waals surface area (Å²) in [5.74, 6) is -1.17. The van der Waals surface area contributed by atoms with Gasteiger partial charge in [-0.25, -0.2) is 14.3 Å². The van der Waals surface area contributed by atoms with Gasteiger partial charge < -0.3 is 0 Å². The van der Waals surface area contributed by atoms with Gasteiger partial charge in [-0.3, -0.25) is 11.1 Å². The molecule has 20 heavy (non-hydrogen) atoms. The maximum atomic E-state index is 12.3. The van der Waals surface area contributed by atoms with Gasteiger partial charge >= 0.3 is 10.2 Å². The summed E-state index contributed by atoms with van der Waals surface area (Å²) in [5, 5.41) is 2.76. The highest BCUT2D eigenvalue weighted by molar-refractivity contribution is 7.91. The van der Waals surface area contributed by atoms with Crippen molar-refractivity contribution in [3.63, 3.8) is 0 Å². The molecule has 2 rings (SSSR count). The first-order chi connectivity index (χ1) is 9.29. The van der Waals surface area contributed by atoms with Crippen molar-refractivity contribution in [1.29, 1.82) is 0 Å². The van der Waals surface area contributed by atoms with Crippen molar-refractivity contribution in [2.75, 3.05) is 17.9 Å². The van der Waals surface area contributed by atoms with E-state index in [1.54, 1.807) is 14.0 Å². The average molecular weight is 300 g/mol. The molecular formula is C11H20N6O2S. The van der Waals surface area contributed by atoms with Crippen LogP contribution < -0.4 is 20.1 Å². The number of nitrogens with zero attached hydrogens (tertiary/aromatic N) is 3. The van der Waals surface area contributed by atoms with Crippen LogP contribution in [0.15, 0.2) is 0 Å². The monoisotopic (exact) mass is 300 g/mol. The molecule has 0 saturated heterocycles. The molecule has 112 valence electrons. The lowest BCUT2D eigenvalue weighted by atomic mass is 10.2. The molecule has 0 aliphatic carbocycles. The first kappa shape index (κ1) is 15.1. The number of nitrogens with one attached hydrogen (secondary N) is 2. The Morgan fingerprint density at radius 3 is 2.55 bits per heavy atom. The lowest BCUT2D eigenvalue weighted by Gasteiger charge is -2.39. The second-order valence-electron chi connectivity index (χ2n) is 4.61. The van der Waals surface area contributed by atoms with E-state index in [1.165, 1.54) is 4.31 Å². The van der Waals surface area contributed by atoms with Gasteiger partial charge in [-0.15, -0.1) is 0 Å². The third-order valence-corrected chi connectivity index (χ3v) is 4.95. The van der Waals surface area contributed by atoms with Gasteiger partial charge in [0.25, 0.3) is 0 Å². The summed E-state index contributed by atoms with van der Waals surface area (Å²) in [5.41, 5.74) is 7.98. The molecule has 0 fully saturated rings. The van der Waals surface area contributed by atoms with Crippen molar-refractivity contribution in [1.82, 2.24) is 20.0 Å². The van der Waals surface area contributed by atoms with Gasteiger partial charge in [0.15, 0.2) is 11.6 Å². The standard InChI is InChI=1S/C11H20N6O2S/c1-5-8-7(3)14-9-10(15-8)17(6-2)20(18,19)16-11(9,12)13-4/h13,16H,5-6,12H2,1-4H3. The van der Waals surface area contributed by atoms with Crippen molar-refractivity contribution in [2.45, 2.75) is 33.0 Å². The largest absolute Gasteiger partial charge is 0.305 e. The molecule has 9 heteroatoms. The quantitative estimate of drug-likeness (QED) is 0.637. The third-order valence-electron chi connectivity index (χ3n) is 3.36. The Bertz CT molecular complexity index is 632. The third kappa shape index (κ3) is 2.16. The van der Waals surface area contributed by atoms with E-state index in [9.17, 15) is 8.42 Å². The molecule has 0 radical (unpaired) electrons. The Hall–Kier alpha value is -1.29. The zero-order valence-corrected chi connectivity index (χ0v) is 12.9. The smallest absolute Gasteiger partial charge is 0.295 e. The molecule has 0 saturated carbocycles. The number of hydrogen-bond donors (Lipinski definition) is 3.